The van der Waals surface area contributed by atoms with E-state index in [1.807, 2.05) is 5.32 Å². The fraction of sp³-hybridized carbons (Fsp3) is 0.375. The van der Waals surface area contributed by atoms with E-state index in [0.717, 1.165) is 0 Å². The predicted octanol–water partition coefficient (Wildman–Crippen LogP) is 0.188. The van der Waals surface area contributed by atoms with Gasteiger partial charge in [0.15, 0.2) is 6.10 Å². The van der Waals surface area contributed by atoms with Gasteiger partial charge in [0.1, 0.15) is 12.3 Å². The number of benzene rings is 1. The first-order chi connectivity index (χ1) is 11.7. The Morgan fingerprint density at radius 2 is 1.88 bits per heavy atom. The summed E-state index contributed by atoms with van der Waals surface area (Å²) >= 11 is 0. The second-order valence-electron chi connectivity index (χ2n) is 5.42. The molecule has 0 saturated heterocycles. The largest absolute Gasteiger partial charge is 0.497 e. The molecule has 0 heterocycles. The number of methoxy groups -OCH3 is 1. The average molecular weight is 351 g/mol. The minimum absolute atomic E-state index is 0.305. The second-order valence-corrected chi connectivity index (χ2v) is 5.42. The zero-order chi connectivity index (χ0) is 19.0. The maximum atomic E-state index is 12.0. The summed E-state index contributed by atoms with van der Waals surface area (Å²) in [6.45, 7) is 2.82. The van der Waals surface area contributed by atoms with E-state index in [0.29, 0.717) is 11.3 Å². The molecule has 1 aromatic carbocycles. The van der Waals surface area contributed by atoms with Crippen molar-refractivity contribution < 1.29 is 28.7 Å². The van der Waals surface area contributed by atoms with Crippen LogP contribution in [0.5, 0.6) is 5.75 Å². The van der Waals surface area contributed by atoms with Crippen LogP contribution in [0, 0.1) is 5.92 Å². The standard InChI is InChI=1S/C16H21N3O6/c1-9(2)13(15(22)19-16(17)23)25-12(20)8-18-14(21)10-5-4-6-11(7-10)24-3/h4-7,9,13H,8H2,1-3H3,(H,18,21)(H3,17,19,22,23). The molecule has 1 aromatic rings. The second kappa shape index (κ2) is 9.26. The van der Waals surface area contributed by atoms with E-state index in [4.69, 9.17) is 15.2 Å². The number of primary amides is 1. The summed E-state index contributed by atoms with van der Waals surface area (Å²) in [5, 5.41) is 4.24. The molecule has 9 nitrogen and oxygen atoms in total. The molecule has 1 rings (SSSR count). The molecular weight excluding hydrogens is 330 g/mol. The summed E-state index contributed by atoms with van der Waals surface area (Å²) in [6.07, 6.45) is -1.20. The van der Waals surface area contributed by atoms with E-state index in [1.54, 1.807) is 32.0 Å². The van der Waals surface area contributed by atoms with Gasteiger partial charge >= 0.3 is 12.0 Å². The number of esters is 1. The molecule has 0 aliphatic heterocycles. The van der Waals surface area contributed by atoms with Crippen molar-refractivity contribution in [2.45, 2.75) is 20.0 Å². The van der Waals surface area contributed by atoms with Crippen LogP contribution in [0.1, 0.15) is 24.2 Å². The summed E-state index contributed by atoms with van der Waals surface area (Å²) in [5.74, 6) is -2.04. The lowest BCUT2D eigenvalue weighted by molar-refractivity contribution is -0.157. The normalized spacial score (nSPS) is 11.4. The maximum absolute atomic E-state index is 12.0. The van der Waals surface area contributed by atoms with Gasteiger partial charge in [0.25, 0.3) is 11.8 Å². The molecule has 0 fully saturated rings. The molecule has 1 atom stereocenters. The predicted molar refractivity (Wildman–Crippen MR) is 87.8 cm³/mol. The van der Waals surface area contributed by atoms with Crippen LogP contribution in [0.4, 0.5) is 4.79 Å². The van der Waals surface area contributed by atoms with E-state index in [1.165, 1.54) is 13.2 Å². The Kier molecular flexibility index (Phi) is 7.39. The van der Waals surface area contributed by atoms with Crippen LogP contribution in [-0.2, 0) is 14.3 Å². The molecule has 25 heavy (non-hydrogen) atoms. The van der Waals surface area contributed by atoms with Crippen LogP contribution in [0.25, 0.3) is 0 Å². The number of nitrogens with two attached hydrogens (primary N) is 1. The highest BCUT2D eigenvalue weighted by atomic mass is 16.5. The highest BCUT2D eigenvalue weighted by Gasteiger charge is 2.27. The first-order valence-electron chi connectivity index (χ1n) is 7.46. The van der Waals surface area contributed by atoms with Crippen LogP contribution >= 0.6 is 0 Å². The quantitative estimate of drug-likeness (QED) is 0.600. The Labute approximate surface area is 144 Å². The van der Waals surface area contributed by atoms with Crippen molar-refractivity contribution in [1.29, 1.82) is 0 Å². The summed E-state index contributed by atoms with van der Waals surface area (Å²) < 4.78 is 10.0. The van der Waals surface area contributed by atoms with Crippen molar-refractivity contribution in [3.63, 3.8) is 0 Å². The Hall–Kier alpha value is -3.10. The Morgan fingerprint density at radius 1 is 1.20 bits per heavy atom. The van der Waals surface area contributed by atoms with Crippen LogP contribution < -0.4 is 21.1 Å². The number of imide groups is 1. The van der Waals surface area contributed by atoms with E-state index < -0.39 is 42.4 Å². The average Bonchev–Trinajstić information content (AvgIpc) is 2.56. The number of nitrogens with one attached hydrogen (secondary N) is 2. The van der Waals surface area contributed by atoms with Crippen LogP contribution in [0.3, 0.4) is 0 Å². The smallest absolute Gasteiger partial charge is 0.326 e. The first kappa shape index (κ1) is 19.9. The molecule has 0 aliphatic rings. The zero-order valence-corrected chi connectivity index (χ0v) is 14.2. The topological polar surface area (TPSA) is 137 Å². The molecule has 4 amide bonds. The fourth-order valence-corrected chi connectivity index (χ4v) is 1.89. The zero-order valence-electron chi connectivity index (χ0n) is 14.2. The molecule has 9 heteroatoms. The molecule has 0 spiro atoms. The molecule has 0 aliphatic carbocycles. The third kappa shape index (κ3) is 6.50. The maximum Gasteiger partial charge on any atom is 0.326 e. The number of rotatable bonds is 7. The van der Waals surface area contributed by atoms with Crippen molar-refractivity contribution in [1.82, 2.24) is 10.6 Å². The van der Waals surface area contributed by atoms with Crippen molar-refractivity contribution >= 4 is 23.8 Å². The van der Waals surface area contributed by atoms with E-state index in [2.05, 4.69) is 5.32 Å². The van der Waals surface area contributed by atoms with Crippen LogP contribution in [-0.4, -0.2) is 43.6 Å². The third-order valence-corrected chi connectivity index (χ3v) is 3.09. The van der Waals surface area contributed by atoms with Gasteiger partial charge in [0.05, 0.1) is 7.11 Å². The Balaban J connectivity index is 2.60. The fourth-order valence-electron chi connectivity index (χ4n) is 1.89. The molecule has 0 aromatic heterocycles. The van der Waals surface area contributed by atoms with Gasteiger partial charge < -0.3 is 20.5 Å². The summed E-state index contributed by atoms with van der Waals surface area (Å²) in [4.78, 5) is 46.4. The number of carbonyl (C=O) groups is 4. The monoisotopic (exact) mass is 351 g/mol. The van der Waals surface area contributed by atoms with Crippen molar-refractivity contribution in [3.8, 4) is 5.75 Å². The van der Waals surface area contributed by atoms with Crippen molar-refractivity contribution in [3.05, 3.63) is 29.8 Å². The number of hydrogen-bond acceptors (Lipinski definition) is 6. The van der Waals surface area contributed by atoms with Gasteiger partial charge in [0, 0.05) is 5.56 Å². The number of carbonyl (C=O) groups excluding carboxylic acids is 4. The van der Waals surface area contributed by atoms with Gasteiger partial charge in [-0.15, -0.1) is 0 Å². The highest BCUT2D eigenvalue weighted by Crippen LogP contribution is 2.12. The molecule has 136 valence electrons. The Morgan fingerprint density at radius 3 is 2.44 bits per heavy atom. The lowest BCUT2D eigenvalue weighted by atomic mass is 10.1. The summed E-state index contributed by atoms with van der Waals surface area (Å²) in [5.41, 5.74) is 5.17. The van der Waals surface area contributed by atoms with E-state index in [-0.39, 0.29) is 0 Å². The number of hydrogen-bond donors (Lipinski definition) is 3. The van der Waals surface area contributed by atoms with Crippen LogP contribution in [0.15, 0.2) is 24.3 Å². The SMILES string of the molecule is COc1cccc(C(=O)NCC(=O)OC(C(=O)NC(N)=O)C(C)C)c1. The Bertz CT molecular complexity index is 659. The van der Waals surface area contributed by atoms with Gasteiger partial charge in [-0.25, -0.2) is 4.79 Å². The minimum Gasteiger partial charge on any atom is -0.497 e. The lowest BCUT2D eigenvalue weighted by Gasteiger charge is -2.19. The molecule has 1 unspecified atom stereocenters. The van der Waals surface area contributed by atoms with E-state index >= 15 is 0 Å². The summed E-state index contributed by atoms with van der Waals surface area (Å²) in [6, 6.07) is 5.33. The van der Waals surface area contributed by atoms with Gasteiger partial charge in [0.2, 0.25) is 0 Å². The summed E-state index contributed by atoms with van der Waals surface area (Å²) in [7, 11) is 1.47. The first-order valence-corrected chi connectivity index (χ1v) is 7.46. The molecule has 0 saturated carbocycles. The van der Waals surface area contributed by atoms with Crippen molar-refractivity contribution in [2.75, 3.05) is 13.7 Å². The van der Waals surface area contributed by atoms with Gasteiger partial charge in [-0.3, -0.25) is 19.7 Å². The van der Waals surface area contributed by atoms with Gasteiger partial charge in [-0.1, -0.05) is 19.9 Å². The van der Waals surface area contributed by atoms with Crippen LogP contribution in [0.2, 0.25) is 0 Å². The van der Waals surface area contributed by atoms with E-state index in [9.17, 15) is 19.2 Å². The minimum atomic E-state index is -1.20. The molecule has 0 bridgehead atoms. The molecule has 0 radical (unpaired) electrons. The number of urea groups is 1. The number of amides is 4. The number of ether oxygens (including phenoxy) is 2. The highest BCUT2D eigenvalue weighted by molar-refractivity contribution is 5.98. The van der Waals surface area contributed by atoms with Gasteiger partial charge in [-0.2, -0.15) is 0 Å². The van der Waals surface area contributed by atoms with Crippen molar-refractivity contribution in [2.24, 2.45) is 11.7 Å². The third-order valence-electron chi connectivity index (χ3n) is 3.09. The lowest BCUT2D eigenvalue weighted by Crippen LogP contribution is -2.46. The van der Waals surface area contributed by atoms with Gasteiger partial charge in [-0.05, 0) is 24.1 Å². The molecular formula is C16H21N3O6. The molecule has 4 N–H and O–H groups in total.